The van der Waals surface area contributed by atoms with Crippen molar-refractivity contribution in [3.63, 3.8) is 0 Å². The van der Waals surface area contributed by atoms with Crippen molar-refractivity contribution in [3.8, 4) is 5.75 Å². The summed E-state index contributed by atoms with van der Waals surface area (Å²) in [5.74, 6) is 0.203. The number of rotatable bonds is 4. The van der Waals surface area contributed by atoms with E-state index in [2.05, 4.69) is 0 Å². The molecule has 0 heterocycles. The molecule has 5 heteroatoms. The molecule has 0 unspecified atom stereocenters. The Balaban J connectivity index is 2.79. The van der Waals surface area contributed by atoms with E-state index >= 15 is 0 Å². The van der Waals surface area contributed by atoms with Crippen LogP contribution in [0.1, 0.15) is 24.9 Å². The molecule has 0 aliphatic rings. The number of nitrogens with two attached hydrogens (primary N) is 1. The molecule has 0 fully saturated rings. The Hall–Kier alpha value is -1.23. The van der Waals surface area contributed by atoms with Crippen molar-refractivity contribution in [1.82, 2.24) is 0 Å². The zero-order chi connectivity index (χ0) is 12.2. The first-order valence-electron chi connectivity index (χ1n) is 4.98. The van der Waals surface area contributed by atoms with Gasteiger partial charge in [0.1, 0.15) is 5.75 Å². The third-order valence-electron chi connectivity index (χ3n) is 2.15. The van der Waals surface area contributed by atoms with Crippen LogP contribution in [0.25, 0.3) is 0 Å². The summed E-state index contributed by atoms with van der Waals surface area (Å²) in [7, 11) is 0. The van der Waals surface area contributed by atoms with E-state index in [1.807, 2.05) is 6.92 Å². The molecule has 0 saturated carbocycles. The van der Waals surface area contributed by atoms with E-state index in [1.165, 1.54) is 6.07 Å². The van der Waals surface area contributed by atoms with Crippen molar-refractivity contribution in [1.29, 1.82) is 0 Å². The van der Waals surface area contributed by atoms with Gasteiger partial charge in [0.2, 0.25) is 0 Å². The third kappa shape index (κ3) is 3.73. The summed E-state index contributed by atoms with van der Waals surface area (Å²) in [6, 6.07) is 6.23. The maximum absolute atomic E-state index is 12.0. The van der Waals surface area contributed by atoms with Crippen molar-refractivity contribution in [2.24, 2.45) is 5.73 Å². The fraction of sp³-hybridized carbons (Fsp3) is 0.455. The fourth-order valence-corrected chi connectivity index (χ4v) is 1.30. The lowest BCUT2D eigenvalue weighted by Crippen LogP contribution is -2.20. The molecule has 0 bridgehead atoms. The Labute approximate surface area is 92.2 Å². The normalized spacial score (nSPS) is 13.6. The second kappa shape index (κ2) is 5.21. The molecule has 1 atom stereocenters. The molecule has 0 amide bonds. The second-order valence-electron chi connectivity index (χ2n) is 3.46. The van der Waals surface area contributed by atoms with Gasteiger partial charge in [-0.3, -0.25) is 0 Å². The van der Waals surface area contributed by atoms with Gasteiger partial charge in [0.15, 0.2) is 6.61 Å². The van der Waals surface area contributed by atoms with Crippen LogP contribution in [-0.2, 0) is 0 Å². The highest BCUT2D eigenvalue weighted by Gasteiger charge is 2.29. The maximum Gasteiger partial charge on any atom is 0.422 e. The number of hydrogen-bond acceptors (Lipinski definition) is 2. The minimum absolute atomic E-state index is 0.203. The Morgan fingerprint density at radius 1 is 1.31 bits per heavy atom. The monoisotopic (exact) mass is 233 g/mol. The SMILES string of the molecule is CC[C@H](N)c1ccccc1OCC(F)(F)F. The topological polar surface area (TPSA) is 35.2 Å². The molecule has 0 spiro atoms. The zero-order valence-electron chi connectivity index (χ0n) is 8.92. The van der Waals surface area contributed by atoms with Gasteiger partial charge in [0.25, 0.3) is 0 Å². The van der Waals surface area contributed by atoms with Crippen molar-refractivity contribution < 1.29 is 17.9 Å². The van der Waals surface area contributed by atoms with Gasteiger partial charge >= 0.3 is 6.18 Å². The van der Waals surface area contributed by atoms with Crippen LogP contribution in [0.3, 0.4) is 0 Å². The lowest BCUT2D eigenvalue weighted by atomic mass is 10.0. The predicted molar refractivity (Wildman–Crippen MR) is 55.2 cm³/mol. The summed E-state index contributed by atoms with van der Waals surface area (Å²) >= 11 is 0. The number of para-hydroxylation sites is 1. The van der Waals surface area contributed by atoms with E-state index in [1.54, 1.807) is 18.2 Å². The van der Waals surface area contributed by atoms with Gasteiger partial charge in [-0.15, -0.1) is 0 Å². The van der Waals surface area contributed by atoms with Crippen LogP contribution in [0.15, 0.2) is 24.3 Å². The van der Waals surface area contributed by atoms with Gasteiger partial charge in [0.05, 0.1) is 0 Å². The number of hydrogen-bond donors (Lipinski definition) is 1. The zero-order valence-corrected chi connectivity index (χ0v) is 8.92. The van der Waals surface area contributed by atoms with E-state index in [9.17, 15) is 13.2 Å². The molecule has 1 aromatic carbocycles. The molecular formula is C11H14F3NO. The third-order valence-corrected chi connectivity index (χ3v) is 2.15. The quantitative estimate of drug-likeness (QED) is 0.867. The minimum Gasteiger partial charge on any atom is -0.484 e. The number of alkyl halides is 3. The summed E-state index contributed by atoms with van der Waals surface area (Å²) < 4.78 is 40.7. The van der Waals surface area contributed by atoms with Gasteiger partial charge in [0, 0.05) is 11.6 Å². The highest BCUT2D eigenvalue weighted by Crippen LogP contribution is 2.27. The maximum atomic E-state index is 12.0. The Bertz CT molecular complexity index is 338. The van der Waals surface area contributed by atoms with Crippen LogP contribution >= 0.6 is 0 Å². The molecule has 2 N–H and O–H groups in total. The molecule has 16 heavy (non-hydrogen) atoms. The van der Waals surface area contributed by atoms with Gasteiger partial charge in [-0.1, -0.05) is 25.1 Å². The molecule has 0 aliphatic heterocycles. The van der Waals surface area contributed by atoms with Gasteiger partial charge in [-0.2, -0.15) is 13.2 Å². The molecule has 90 valence electrons. The number of benzene rings is 1. The molecule has 0 saturated heterocycles. The summed E-state index contributed by atoms with van der Waals surface area (Å²) in [6.07, 6.45) is -3.68. The van der Waals surface area contributed by atoms with Crippen molar-refractivity contribution in [3.05, 3.63) is 29.8 Å². The average molecular weight is 233 g/mol. The van der Waals surface area contributed by atoms with Crippen LogP contribution in [-0.4, -0.2) is 12.8 Å². The molecule has 0 aliphatic carbocycles. The first kappa shape index (κ1) is 12.8. The van der Waals surface area contributed by atoms with E-state index in [0.717, 1.165) is 0 Å². The first-order valence-corrected chi connectivity index (χ1v) is 4.98. The summed E-state index contributed by atoms with van der Waals surface area (Å²) in [6.45, 7) is 0.575. The predicted octanol–water partition coefficient (Wildman–Crippen LogP) is 3.04. The molecule has 1 aromatic rings. The highest BCUT2D eigenvalue weighted by atomic mass is 19.4. The fourth-order valence-electron chi connectivity index (χ4n) is 1.30. The van der Waals surface area contributed by atoms with Gasteiger partial charge in [-0.25, -0.2) is 0 Å². The lowest BCUT2D eigenvalue weighted by Gasteiger charge is -2.16. The first-order chi connectivity index (χ1) is 7.44. The number of ether oxygens (including phenoxy) is 1. The highest BCUT2D eigenvalue weighted by molar-refractivity contribution is 5.35. The van der Waals surface area contributed by atoms with Gasteiger partial charge < -0.3 is 10.5 Å². The minimum atomic E-state index is -4.33. The van der Waals surface area contributed by atoms with Crippen molar-refractivity contribution in [2.75, 3.05) is 6.61 Å². The Morgan fingerprint density at radius 2 is 1.94 bits per heavy atom. The molecule has 0 radical (unpaired) electrons. The molecule has 1 rings (SSSR count). The number of halogens is 3. The van der Waals surface area contributed by atoms with Crippen molar-refractivity contribution in [2.45, 2.75) is 25.6 Å². The summed E-state index contributed by atoms with van der Waals surface area (Å²) in [5, 5.41) is 0. The summed E-state index contributed by atoms with van der Waals surface area (Å²) in [4.78, 5) is 0. The lowest BCUT2D eigenvalue weighted by molar-refractivity contribution is -0.153. The van der Waals surface area contributed by atoms with Crippen molar-refractivity contribution >= 4 is 0 Å². The molecule has 2 nitrogen and oxygen atoms in total. The average Bonchev–Trinajstić information content (AvgIpc) is 2.25. The van der Waals surface area contributed by atoms with Crippen LogP contribution in [0.5, 0.6) is 5.75 Å². The van der Waals surface area contributed by atoms with Crippen LogP contribution < -0.4 is 10.5 Å². The van der Waals surface area contributed by atoms with Crippen LogP contribution in [0.4, 0.5) is 13.2 Å². The largest absolute Gasteiger partial charge is 0.484 e. The second-order valence-corrected chi connectivity index (χ2v) is 3.46. The van der Waals surface area contributed by atoms with E-state index in [0.29, 0.717) is 12.0 Å². The van der Waals surface area contributed by atoms with Gasteiger partial charge in [-0.05, 0) is 12.5 Å². The van der Waals surface area contributed by atoms with Crippen LogP contribution in [0, 0.1) is 0 Å². The van der Waals surface area contributed by atoms with E-state index < -0.39 is 12.8 Å². The Morgan fingerprint density at radius 3 is 2.50 bits per heavy atom. The van der Waals surface area contributed by atoms with E-state index in [4.69, 9.17) is 10.5 Å². The van der Waals surface area contributed by atoms with E-state index in [-0.39, 0.29) is 11.8 Å². The Kier molecular flexibility index (Phi) is 4.18. The smallest absolute Gasteiger partial charge is 0.422 e. The standard InChI is InChI=1S/C11H14F3NO/c1-2-9(15)8-5-3-4-6-10(8)16-7-11(12,13)14/h3-6,9H,2,7,15H2,1H3/t9-/m0/s1. The molecular weight excluding hydrogens is 219 g/mol. The van der Waals surface area contributed by atoms with Crippen LogP contribution in [0.2, 0.25) is 0 Å². The molecule has 0 aromatic heterocycles. The summed E-state index contributed by atoms with van der Waals surface area (Å²) in [5.41, 5.74) is 6.38.